The first-order valence-electron chi connectivity index (χ1n) is 6.53. The molecule has 2 aromatic rings. The molecular formula is C13H21N5S. The Morgan fingerprint density at radius 3 is 2.74 bits per heavy atom. The van der Waals surface area contributed by atoms with E-state index < -0.39 is 0 Å². The normalized spacial score (nSPS) is 11.3. The molecule has 0 aliphatic heterocycles. The van der Waals surface area contributed by atoms with Crippen molar-refractivity contribution in [3.63, 3.8) is 0 Å². The van der Waals surface area contributed by atoms with Gasteiger partial charge >= 0.3 is 0 Å². The largest absolute Gasteiger partial charge is 0.359 e. The van der Waals surface area contributed by atoms with Crippen LogP contribution in [0, 0.1) is 5.92 Å². The van der Waals surface area contributed by atoms with Gasteiger partial charge in [-0.2, -0.15) is 4.98 Å². The summed E-state index contributed by atoms with van der Waals surface area (Å²) in [6, 6.07) is 2.19. The van der Waals surface area contributed by atoms with Gasteiger partial charge in [0.15, 0.2) is 0 Å². The average Bonchev–Trinajstić information content (AvgIpc) is 2.79. The van der Waals surface area contributed by atoms with E-state index in [4.69, 9.17) is 5.84 Å². The zero-order chi connectivity index (χ0) is 14.0. The van der Waals surface area contributed by atoms with Crippen molar-refractivity contribution >= 4 is 33.3 Å². The third kappa shape index (κ3) is 2.96. The molecule has 0 aliphatic carbocycles. The van der Waals surface area contributed by atoms with Gasteiger partial charge in [-0.15, -0.1) is 11.3 Å². The number of hydrogen-bond acceptors (Lipinski definition) is 6. The van der Waals surface area contributed by atoms with E-state index in [-0.39, 0.29) is 0 Å². The van der Waals surface area contributed by atoms with Gasteiger partial charge in [0.25, 0.3) is 0 Å². The Balaban J connectivity index is 2.52. The van der Waals surface area contributed by atoms with E-state index in [9.17, 15) is 0 Å². The van der Waals surface area contributed by atoms with Crippen LogP contribution in [0.1, 0.15) is 25.6 Å². The Morgan fingerprint density at radius 2 is 2.16 bits per heavy atom. The van der Waals surface area contributed by atoms with Crippen LogP contribution in [0.2, 0.25) is 0 Å². The van der Waals surface area contributed by atoms with Crippen LogP contribution in [0.5, 0.6) is 0 Å². The molecule has 0 bridgehead atoms. The molecule has 3 N–H and O–H groups in total. The lowest BCUT2D eigenvalue weighted by Gasteiger charge is -2.21. The van der Waals surface area contributed by atoms with Crippen molar-refractivity contribution in [3.05, 3.63) is 10.9 Å². The fourth-order valence-corrected chi connectivity index (χ4v) is 3.08. The molecule has 0 fully saturated rings. The third-order valence-corrected chi connectivity index (χ3v) is 4.08. The molecule has 5 nitrogen and oxygen atoms in total. The lowest BCUT2D eigenvalue weighted by Crippen LogP contribution is -2.24. The molecule has 2 rings (SSSR count). The molecule has 0 unspecified atom stereocenters. The number of fused-ring (bicyclic) bond motifs is 1. The summed E-state index contributed by atoms with van der Waals surface area (Å²) in [7, 11) is 2.06. The Labute approximate surface area is 117 Å². The smallest absolute Gasteiger partial charge is 0.240 e. The number of rotatable bonds is 5. The van der Waals surface area contributed by atoms with Crippen LogP contribution in [0.25, 0.3) is 10.2 Å². The molecule has 104 valence electrons. The van der Waals surface area contributed by atoms with Crippen molar-refractivity contribution < 1.29 is 0 Å². The topological polar surface area (TPSA) is 67.1 Å². The van der Waals surface area contributed by atoms with E-state index in [1.165, 1.54) is 4.88 Å². The molecule has 0 saturated carbocycles. The number of anilines is 2. The third-order valence-electron chi connectivity index (χ3n) is 2.90. The second-order valence-electron chi connectivity index (χ2n) is 5.07. The number of aryl methyl sites for hydroxylation is 1. The van der Waals surface area contributed by atoms with Crippen LogP contribution in [-0.2, 0) is 6.42 Å². The highest BCUT2D eigenvalue weighted by Gasteiger charge is 2.14. The summed E-state index contributed by atoms with van der Waals surface area (Å²) in [5, 5.41) is 1.11. The first-order valence-corrected chi connectivity index (χ1v) is 7.35. The van der Waals surface area contributed by atoms with Crippen molar-refractivity contribution in [3.8, 4) is 0 Å². The van der Waals surface area contributed by atoms with E-state index >= 15 is 0 Å². The van der Waals surface area contributed by atoms with Crippen molar-refractivity contribution in [2.24, 2.45) is 11.8 Å². The van der Waals surface area contributed by atoms with Crippen LogP contribution in [0.4, 0.5) is 11.8 Å². The molecule has 2 heterocycles. The van der Waals surface area contributed by atoms with E-state index in [1.54, 1.807) is 11.3 Å². The molecular weight excluding hydrogens is 258 g/mol. The van der Waals surface area contributed by atoms with Gasteiger partial charge in [-0.3, -0.25) is 5.43 Å². The Kier molecular flexibility index (Phi) is 4.21. The number of nitrogens with one attached hydrogen (secondary N) is 1. The van der Waals surface area contributed by atoms with Crippen molar-refractivity contribution in [1.29, 1.82) is 0 Å². The SMILES string of the molecule is CCc1cc2c(N(C)CC(C)C)nc(NN)nc2s1. The highest BCUT2D eigenvalue weighted by atomic mass is 32.1. The summed E-state index contributed by atoms with van der Waals surface area (Å²) in [5.41, 5.74) is 2.55. The Hall–Kier alpha value is -1.40. The minimum absolute atomic E-state index is 0.475. The standard InChI is InChI=1S/C13H21N5S/c1-5-9-6-10-11(18(4)7-8(2)3)15-13(17-14)16-12(10)19-9/h6,8H,5,7,14H2,1-4H3,(H,15,16,17). The number of nitrogen functional groups attached to an aromatic ring is 1. The van der Waals surface area contributed by atoms with Crippen LogP contribution >= 0.6 is 11.3 Å². The molecule has 2 aromatic heterocycles. The fourth-order valence-electron chi connectivity index (χ4n) is 2.12. The number of hydrazine groups is 1. The van der Waals surface area contributed by atoms with Crippen molar-refractivity contribution in [2.75, 3.05) is 23.9 Å². The predicted octanol–water partition coefficient (Wildman–Crippen LogP) is 2.63. The maximum atomic E-state index is 5.46. The van der Waals surface area contributed by atoms with Crippen LogP contribution < -0.4 is 16.2 Å². The maximum Gasteiger partial charge on any atom is 0.240 e. The molecule has 19 heavy (non-hydrogen) atoms. The van der Waals surface area contributed by atoms with E-state index in [2.05, 4.69) is 54.2 Å². The van der Waals surface area contributed by atoms with Gasteiger partial charge in [-0.1, -0.05) is 20.8 Å². The number of hydrogen-bond donors (Lipinski definition) is 2. The second kappa shape index (κ2) is 5.71. The van der Waals surface area contributed by atoms with Crippen LogP contribution in [-0.4, -0.2) is 23.6 Å². The molecule has 0 spiro atoms. The highest BCUT2D eigenvalue weighted by Crippen LogP contribution is 2.32. The zero-order valence-electron chi connectivity index (χ0n) is 11.9. The molecule has 0 atom stereocenters. The maximum absolute atomic E-state index is 5.46. The number of thiophene rings is 1. The molecule has 0 amide bonds. The summed E-state index contributed by atoms with van der Waals surface area (Å²) >= 11 is 1.70. The van der Waals surface area contributed by atoms with Gasteiger partial charge in [-0.05, 0) is 18.4 Å². The summed E-state index contributed by atoms with van der Waals surface area (Å²) in [6.45, 7) is 7.50. The first-order chi connectivity index (χ1) is 9.05. The monoisotopic (exact) mass is 279 g/mol. The van der Waals surface area contributed by atoms with Gasteiger partial charge < -0.3 is 4.90 Å². The van der Waals surface area contributed by atoms with Crippen LogP contribution in [0.15, 0.2) is 6.07 Å². The number of nitrogens with two attached hydrogens (primary N) is 1. The second-order valence-corrected chi connectivity index (χ2v) is 6.19. The molecule has 0 saturated heterocycles. The summed E-state index contributed by atoms with van der Waals surface area (Å²) in [5.74, 6) is 7.46. The Bertz CT molecular complexity index is 563. The molecule has 0 aromatic carbocycles. The van der Waals surface area contributed by atoms with E-state index in [0.717, 1.165) is 29.0 Å². The summed E-state index contributed by atoms with van der Waals surface area (Å²) in [6.07, 6.45) is 1.01. The summed E-state index contributed by atoms with van der Waals surface area (Å²) < 4.78 is 0. The number of aromatic nitrogens is 2. The minimum Gasteiger partial charge on any atom is -0.359 e. The van der Waals surface area contributed by atoms with Gasteiger partial charge in [-0.25, -0.2) is 10.8 Å². The predicted molar refractivity (Wildman–Crippen MR) is 82.7 cm³/mol. The average molecular weight is 279 g/mol. The van der Waals surface area contributed by atoms with Crippen molar-refractivity contribution in [2.45, 2.75) is 27.2 Å². The van der Waals surface area contributed by atoms with Gasteiger partial charge in [0.05, 0.1) is 5.39 Å². The summed E-state index contributed by atoms with van der Waals surface area (Å²) in [4.78, 5) is 13.4. The molecule has 6 heteroatoms. The molecule has 0 aliphatic rings. The van der Waals surface area contributed by atoms with Gasteiger partial charge in [0, 0.05) is 18.5 Å². The van der Waals surface area contributed by atoms with Gasteiger partial charge in [0.1, 0.15) is 10.6 Å². The number of nitrogens with zero attached hydrogens (tertiary/aromatic N) is 3. The first kappa shape index (κ1) is 14.0. The van der Waals surface area contributed by atoms with E-state index in [1.807, 2.05) is 0 Å². The quantitative estimate of drug-likeness (QED) is 0.650. The van der Waals surface area contributed by atoms with Crippen molar-refractivity contribution in [1.82, 2.24) is 9.97 Å². The minimum atomic E-state index is 0.475. The lowest BCUT2D eigenvalue weighted by molar-refractivity contribution is 0.636. The Morgan fingerprint density at radius 1 is 1.42 bits per heavy atom. The van der Waals surface area contributed by atoms with Gasteiger partial charge in [0.2, 0.25) is 5.95 Å². The fraction of sp³-hybridized carbons (Fsp3) is 0.538. The molecule has 0 radical (unpaired) electrons. The highest BCUT2D eigenvalue weighted by molar-refractivity contribution is 7.18. The lowest BCUT2D eigenvalue weighted by atomic mass is 10.2. The van der Waals surface area contributed by atoms with Crippen LogP contribution in [0.3, 0.4) is 0 Å². The zero-order valence-corrected chi connectivity index (χ0v) is 12.7. The van der Waals surface area contributed by atoms with E-state index in [0.29, 0.717) is 11.9 Å².